The van der Waals surface area contributed by atoms with Gasteiger partial charge in [-0.1, -0.05) is 20.8 Å². The van der Waals surface area contributed by atoms with Gasteiger partial charge in [0.25, 0.3) is 0 Å². The number of hydrogen-bond donors (Lipinski definition) is 2. The van der Waals surface area contributed by atoms with E-state index in [4.69, 9.17) is 10.7 Å². The van der Waals surface area contributed by atoms with Crippen LogP contribution >= 0.6 is 0 Å². The van der Waals surface area contributed by atoms with E-state index in [2.05, 4.69) is 35.7 Å². The minimum absolute atomic E-state index is 0.143. The first-order valence-corrected chi connectivity index (χ1v) is 7.93. The van der Waals surface area contributed by atoms with Crippen molar-refractivity contribution >= 4 is 27.6 Å². The van der Waals surface area contributed by atoms with Crippen LogP contribution in [0.15, 0.2) is 43.0 Å². The van der Waals surface area contributed by atoms with Gasteiger partial charge in [0.2, 0.25) is 0 Å². The maximum Gasteiger partial charge on any atom is 0.137 e. The lowest BCUT2D eigenvalue weighted by molar-refractivity contribution is 0.593. The Kier molecular flexibility index (Phi) is 3.06. The molecule has 5 nitrogen and oxygen atoms in total. The van der Waals surface area contributed by atoms with Crippen molar-refractivity contribution < 1.29 is 0 Å². The first-order valence-electron chi connectivity index (χ1n) is 7.93. The molecule has 120 valence electrons. The Morgan fingerprint density at radius 1 is 1.04 bits per heavy atom. The second-order valence-electron chi connectivity index (χ2n) is 6.99. The van der Waals surface area contributed by atoms with Gasteiger partial charge in [-0.25, -0.2) is 9.97 Å². The molecule has 0 bridgehead atoms. The van der Waals surface area contributed by atoms with Crippen LogP contribution in [0.3, 0.4) is 0 Å². The molecule has 5 heteroatoms. The highest BCUT2D eigenvalue weighted by Gasteiger charge is 2.26. The molecule has 0 amide bonds. The Morgan fingerprint density at radius 2 is 1.88 bits per heavy atom. The van der Waals surface area contributed by atoms with Gasteiger partial charge in [0, 0.05) is 46.2 Å². The van der Waals surface area contributed by atoms with E-state index in [9.17, 15) is 0 Å². The zero-order valence-corrected chi connectivity index (χ0v) is 14.0. The molecule has 0 fully saturated rings. The van der Waals surface area contributed by atoms with Crippen LogP contribution in [0.25, 0.3) is 33.2 Å². The smallest absolute Gasteiger partial charge is 0.137 e. The van der Waals surface area contributed by atoms with E-state index in [0.717, 1.165) is 44.4 Å². The maximum absolute atomic E-state index is 6.57. The Labute approximate surface area is 140 Å². The van der Waals surface area contributed by atoms with E-state index < -0.39 is 0 Å². The highest BCUT2D eigenvalue weighted by atomic mass is 14.8. The van der Waals surface area contributed by atoms with Gasteiger partial charge in [0.05, 0.1) is 17.4 Å². The summed E-state index contributed by atoms with van der Waals surface area (Å²) in [6, 6.07) is 5.94. The molecule has 4 aromatic heterocycles. The molecule has 0 saturated carbocycles. The molecule has 0 spiro atoms. The number of nitrogens with one attached hydrogen (secondary N) is 1. The van der Waals surface area contributed by atoms with Gasteiger partial charge in [-0.2, -0.15) is 0 Å². The van der Waals surface area contributed by atoms with Gasteiger partial charge < -0.3 is 10.7 Å². The second kappa shape index (κ2) is 5.03. The molecule has 3 N–H and O–H groups in total. The summed E-state index contributed by atoms with van der Waals surface area (Å²) in [4.78, 5) is 16.6. The lowest BCUT2D eigenvalue weighted by atomic mass is 9.82. The average molecular weight is 317 g/mol. The summed E-state index contributed by atoms with van der Waals surface area (Å²) in [5.41, 5.74) is 11.8. The predicted octanol–water partition coefficient (Wildman–Crippen LogP) is 4.05. The fraction of sp³-hybridized carbons (Fsp3) is 0.211. The fourth-order valence-corrected chi connectivity index (χ4v) is 3.26. The molecule has 0 aliphatic rings. The van der Waals surface area contributed by atoms with Crippen LogP contribution in [0.5, 0.6) is 0 Å². The quantitative estimate of drug-likeness (QED) is 0.555. The third kappa shape index (κ3) is 2.12. The number of aromatic amines is 1. The molecule has 4 aromatic rings. The van der Waals surface area contributed by atoms with Gasteiger partial charge in [-0.3, -0.25) is 4.98 Å². The maximum atomic E-state index is 6.57. The minimum atomic E-state index is -0.143. The Morgan fingerprint density at radius 3 is 2.67 bits per heavy atom. The lowest BCUT2D eigenvalue weighted by Gasteiger charge is -2.25. The van der Waals surface area contributed by atoms with Gasteiger partial charge in [-0.15, -0.1) is 0 Å². The van der Waals surface area contributed by atoms with Crippen LogP contribution in [0, 0.1) is 0 Å². The summed E-state index contributed by atoms with van der Waals surface area (Å²) >= 11 is 0. The van der Waals surface area contributed by atoms with Gasteiger partial charge in [0.15, 0.2) is 0 Å². The standard InChI is InChI=1S/C19H19N5/c1-19(2,3)15-16(20)13-4-7-21-10-14(13)24-17(15)11-5-8-22-18-12(11)6-9-23-18/h4-10H,1-3H3,(H2,20,24)(H,22,23). The van der Waals surface area contributed by atoms with E-state index >= 15 is 0 Å². The summed E-state index contributed by atoms with van der Waals surface area (Å²) in [6.07, 6.45) is 7.20. The molecule has 4 heterocycles. The first-order chi connectivity index (χ1) is 11.5. The number of aromatic nitrogens is 4. The van der Waals surface area contributed by atoms with Crippen molar-refractivity contribution in [1.82, 2.24) is 19.9 Å². The normalized spacial score (nSPS) is 12.1. The summed E-state index contributed by atoms with van der Waals surface area (Å²) in [6.45, 7) is 6.48. The molecule has 4 rings (SSSR count). The zero-order valence-electron chi connectivity index (χ0n) is 14.0. The first kappa shape index (κ1) is 14.6. The van der Waals surface area contributed by atoms with Crippen LogP contribution in [0.1, 0.15) is 26.3 Å². The van der Waals surface area contributed by atoms with Crippen molar-refractivity contribution in [3.05, 3.63) is 48.5 Å². The molecule has 24 heavy (non-hydrogen) atoms. The van der Waals surface area contributed by atoms with Crippen LogP contribution in [0.2, 0.25) is 0 Å². The monoisotopic (exact) mass is 317 g/mol. The molecule has 0 radical (unpaired) electrons. The minimum Gasteiger partial charge on any atom is -0.398 e. The number of rotatable bonds is 1. The topological polar surface area (TPSA) is 80.5 Å². The van der Waals surface area contributed by atoms with E-state index in [1.807, 2.05) is 24.4 Å². The van der Waals surface area contributed by atoms with E-state index in [0.29, 0.717) is 0 Å². The van der Waals surface area contributed by atoms with Crippen molar-refractivity contribution in [2.75, 3.05) is 5.73 Å². The molecule has 0 aromatic carbocycles. The summed E-state index contributed by atoms with van der Waals surface area (Å²) in [5.74, 6) is 0. The molecule has 0 unspecified atom stereocenters. The van der Waals surface area contributed by atoms with Crippen molar-refractivity contribution in [3.8, 4) is 11.3 Å². The number of nitrogens with two attached hydrogens (primary N) is 1. The van der Waals surface area contributed by atoms with Crippen LogP contribution in [0.4, 0.5) is 5.69 Å². The van der Waals surface area contributed by atoms with Crippen LogP contribution in [-0.2, 0) is 5.41 Å². The van der Waals surface area contributed by atoms with E-state index in [-0.39, 0.29) is 5.41 Å². The zero-order chi connectivity index (χ0) is 16.9. The van der Waals surface area contributed by atoms with Crippen LogP contribution < -0.4 is 5.73 Å². The Bertz CT molecular complexity index is 1060. The predicted molar refractivity (Wildman–Crippen MR) is 97.7 cm³/mol. The average Bonchev–Trinajstić information content (AvgIpc) is 3.02. The van der Waals surface area contributed by atoms with Crippen molar-refractivity contribution in [1.29, 1.82) is 0 Å². The molecule has 0 atom stereocenters. The van der Waals surface area contributed by atoms with Gasteiger partial charge in [-0.05, 0) is 23.6 Å². The SMILES string of the molecule is CC(C)(C)c1c(-c2ccnc3[nH]ccc23)nc2cnccc2c1N. The molecular weight excluding hydrogens is 298 g/mol. The number of nitrogens with zero attached hydrogens (tertiary/aromatic N) is 3. The third-order valence-corrected chi connectivity index (χ3v) is 4.29. The number of H-pyrrole nitrogens is 1. The highest BCUT2D eigenvalue weighted by Crippen LogP contribution is 2.40. The van der Waals surface area contributed by atoms with Crippen molar-refractivity contribution in [3.63, 3.8) is 0 Å². The summed E-state index contributed by atoms with van der Waals surface area (Å²) in [5, 5.41) is 1.98. The second-order valence-corrected chi connectivity index (χ2v) is 6.99. The van der Waals surface area contributed by atoms with Gasteiger partial charge >= 0.3 is 0 Å². The summed E-state index contributed by atoms with van der Waals surface area (Å²) < 4.78 is 0. The number of fused-ring (bicyclic) bond motifs is 2. The molecule has 0 aliphatic carbocycles. The Hall–Kier alpha value is -2.95. The fourth-order valence-electron chi connectivity index (χ4n) is 3.26. The molecular formula is C19H19N5. The molecule has 0 saturated heterocycles. The largest absolute Gasteiger partial charge is 0.398 e. The number of nitrogen functional groups attached to an aromatic ring is 1. The number of hydrogen-bond acceptors (Lipinski definition) is 4. The third-order valence-electron chi connectivity index (χ3n) is 4.29. The molecule has 0 aliphatic heterocycles. The highest BCUT2D eigenvalue weighted by molar-refractivity contribution is 6.00. The van der Waals surface area contributed by atoms with E-state index in [1.165, 1.54) is 0 Å². The lowest BCUT2D eigenvalue weighted by Crippen LogP contribution is -2.17. The van der Waals surface area contributed by atoms with Crippen molar-refractivity contribution in [2.45, 2.75) is 26.2 Å². The van der Waals surface area contributed by atoms with Crippen molar-refractivity contribution in [2.24, 2.45) is 0 Å². The van der Waals surface area contributed by atoms with Crippen LogP contribution in [-0.4, -0.2) is 19.9 Å². The number of pyridine rings is 3. The number of anilines is 1. The van der Waals surface area contributed by atoms with E-state index in [1.54, 1.807) is 18.6 Å². The van der Waals surface area contributed by atoms with Gasteiger partial charge in [0.1, 0.15) is 5.65 Å². The summed E-state index contributed by atoms with van der Waals surface area (Å²) in [7, 11) is 0. The Balaban J connectivity index is 2.17.